The molecule has 1 heterocycles. The third-order valence-electron chi connectivity index (χ3n) is 4.70. The van der Waals surface area contributed by atoms with Crippen molar-refractivity contribution in [3.63, 3.8) is 0 Å². The Morgan fingerprint density at radius 3 is 2.46 bits per heavy atom. The maximum absolute atomic E-state index is 12.2. The monoisotopic (exact) mass is 367 g/mol. The van der Waals surface area contributed by atoms with Crippen LogP contribution in [0.5, 0.6) is 0 Å². The van der Waals surface area contributed by atoms with E-state index in [-0.39, 0.29) is 5.91 Å². The lowest BCUT2D eigenvalue weighted by Gasteiger charge is -2.05. The Morgan fingerprint density at radius 2 is 1.68 bits per heavy atom. The van der Waals surface area contributed by atoms with E-state index in [1.165, 1.54) is 5.56 Å². The number of fused-ring (bicyclic) bond motifs is 1. The maximum Gasteiger partial charge on any atom is 0.271 e. The van der Waals surface area contributed by atoms with Gasteiger partial charge in [0.25, 0.3) is 5.91 Å². The SMILES string of the molecule is Cc1ccc(C(=O)N/N=C/c2cn(Cc3ccccc3)c3ccccc23)cc1. The van der Waals surface area contributed by atoms with Gasteiger partial charge in [0.05, 0.1) is 6.21 Å². The first kappa shape index (κ1) is 17.7. The highest BCUT2D eigenvalue weighted by Gasteiger charge is 2.08. The first-order valence-corrected chi connectivity index (χ1v) is 9.22. The van der Waals surface area contributed by atoms with Crippen LogP contribution in [0.15, 0.2) is 90.2 Å². The molecule has 3 aromatic carbocycles. The van der Waals surface area contributed by atoms with E-state index in [9.17, 15) is 4.79 Å². The number of aryl methyl sites for hydroxylation is 1. The van der Waals surface area contributed by atoms with Gasteiger partial charge in [0, 0.05) is 34.8 Å². The van der Waals surface area contributed by atoms with Gasteiger partial charge in [0.1, 0.15) is 0 Å². The summed E-state index contributed by atoms with van der Waals surface area (Å²) in [6.07, 6.45) is 3.77. The second-order valence-electron chi connectivity index (χ2n) is 6.78. The minimum atomic E-state index is -0.218. The van der Waals surface area contributed by atoms with Gasteiger partial charge in [-0.15, -0.1) is 0 Å². The van der Waals surface area contributed by atoms with E-state index < -0.39 is 0 Å². The number of para-hydroxylation sites is 1. The van der Waals surface area contributed by atoms with Crippen LogP contribution in [0.3, 0.4) is 0 Å². The average molecular weight is 367 g/mol. The third-order valence-corrected chi connectivity index (χ3v) is 4.70. The number of nitrogens with zero attached hydrogens (tertiary/aromatic N) is 2. The summed E-state index contributed by atoms with van der Waals surface area (Å²) in [5.74, 6) is -0.218. The fourth-order valence-corrected chi connectivity index (χ4v) is 3.22. The van der Waals surface area contributed by atoms with E-state index in [0.29, 0.717) is 5.56 Å². The number of hydrazone groups is 1. The average Bonchev–Trinajstić information content (AvgIpc) is 3.07. The second-order valence-corrected chi connectivity index (χ2v) is 6.78. The standard InChI is InChI=1S/C24H21N3O/c1-18-11-13-20(14-12-18)24(28)26-25-15-21-17-27(16-19-7-3-2-4-8-19)23-10-6-5-9-22(21)23/h2-15,17H,16H2,1H3,(H,26,28)/b25-15+. The Labute approximate surface area is 164 Å². The third kappa shape index (κ3) is 3.86. The number of hydrogen-bond donors (Lipinski definition) is 1. The fraction of sp³-hybridized carbons (Fsp3) is 0.0833. The Morgan fingerprint density at radius 1 is 0.964 bits per heavy atom. The zero-order valence-electron chi connectivity index (χ0n) is 15.7. The van der Waals surface area contributed by atoms with Crippen LogP contribution in [0.2, 0.25) is 0 Å². The molecule has 4 aromatic rings. The summed E-state index contributed by atoms with van der Waals surface area (Å²) in [5, 5.41) is 5.28. The fourth-order valence-electron chi connectivity index (χ4n) is 3.22. The smallest absolute Gasteiger partial charge is 0.271 e. The molecule has 4 heteroatoms. The number of carbonyl (C=O) groups excluding carboxylic acids is 1. The van der Waals surface area contributed by atoms with Gasteiger partial charge in [0.2, 0.25) is 0 Å². The van der Waals surface area contributed by atoms with Crippen LogP contribution in [0.25, 0.3) is 10.9 Å². The van der Waals surface area contributed by atoms with Crippen molar-refractivity contribution >= 4 is 23.0 Å². The van der Waals surface area contributed by atoms with Crippen LogP contribution in [0.4, 0.5) is 0 Å². The molecular formula is C24H21N3O. The van der Waals surface area contributed by atoms with E-state index >= 15 is 0 Å². The molecule has 4 rings (SSSR count). The van der Waals surface area contributed by atoms with Gasteiger partial charge in [-0.2, -0.15) is 5.10 Å². The molecule has 0 saturated heterocycles. The van der Waals surface area contributed by atoms with E-state index in [4.69, 9.17) is 0 Å². The number of benzene rings is 3. The summed E-state index contributed by atoms with van der Waals surface area (Å²) in [5.41, 5.74) is 7.66. The molecule has 0 aliphatic carbocycles. The number of amides is 1. The summed E-state index contributed by atoms with van der Waals surface area (Å²) in [7, 11) is 0. The largest absolute Gasteiger partial charge is 0.342 e. The Hall–Kier alpha value is -3.66. The first-order valence-electron chi connectivity index (χ1n) is 9.22. The van der Waals surface area contributed by atoms with E-state index in [0.717, 1.165) is 28.6 Å². The van der Waals surface area contributed by atoms with Crippen molar-refractivity contribution in [1.82, 2.24) is 9.99 Å². The van der Waals surface area contributed by atoms with Gasteiger partial charge < -0.3 is 4.57 Å². The van der Waals surface area contributed by atoms with Crippen LogP contribution in [-0.4, -0.2) is 16.7 Å². The lowest BCUT2D eigenvalue weighted by molar-refractivity contribution is 0.0955. The Bertz CT molecular complexity index is 1130. The Balaban J connectivity index is 1.56. The summed E-state index contributed by atoms with van der Waals surface area (Å²) in [6.45, 7) is 2.77. The summed E-state index contributed by atoms with van der Waals surface area (Å²) < 4.78 is 2.20. The number of nitrogens with one attached hydrogen (secondary N) is 1. The van der Waals surface area contributed by atoms with Crippen LogP contribution >= 0.6 is 0 Å². The number of rotatable bonds is 5. The quantitative estimate of drug-likeness (QED) is 0.401. The summed E-state index contributed by atoms with van der Waals surface area (Å²) >= 11 is 0. The molecule has 1 N–H and O–H groups in total. The molecule has 1 aromatic heterocycles. The molecule has 0 fully saturated rings. The molecule has 0 saturated carbocycles. The molecule has 0 radical (unpaired) electrons. The van der Waals surface area contributed by atoms with Crippen molar-refractivity contribution in [2.24, 2.45) is 5.10 Å². The zero-order valence-corrected chi connectivity index (χ0v) is 15.7. The van der Waals surface area contributed by atoms with Crippen LogP contribution < -0.4 is 5.43 Å². The van der Waals surface area contributed by atoms with E-state index in [1.807, 2.05) is 49.4 Å². The molecule has 0 aliphatic heterocycles. The van der Waals surface area contributed by atoms with Gasteiger partial charge >= 0.3 is 0 Å². The number of hydrogen-bond acceptors (Lipinski definition) is 2. The Kier molecular flexibility index (Phi) is 5.02. The van der Waals surface area contributed by atoms with E-state index in [2.05, 4.69) is 45.6 Å². The summed E-state index contributed by atoms with van der Waals surface area (Å²) in [4.78, 5) is 12.2. The molecule has 0 atom stereocenters. The molecule has 0 bridgehead atoms. The molecule has 0 aliphatic rings. The van der Waals surface area contributed by atoms with Gasteiger partial charge in [-0.05, 0) is 30.7 Å². The highest BCUT2D eigenvalue weighted by atomic mass is 16.2. The van der Waals surface area contributed by atoms with Gasteiger partial charge in [-0.1, -0.05) is 66.2 Å². The van der Waals surface area contributed by atoms with Crippen molar-refractivity contribution in [2.45, 2.75) is 13.5 Å². The maximum atomic E-state index is 12.2. The number of carbonyl (C=O) groups is 1. The predicted octanol–water partition coefficient (Wildman–Crippen LogP) is 4.76. The molecule has 0 unspecified atom stereocenters. The summed E-state index contributed by atoms with van der Waals surface area (Å²) in [6, 6.07) is 26.0. The van der Waals surface area contributed by atoms with Crippen LogP contribution in [-0.2, 0) is 6.54 Å². The molecule has 1 amide bonds. The molecule has 28 heavy (non-hydrogen) atoms. The van der Waals surface area contributed by atoms with E-state index in [1.54, 1.807) is 18.3 Å². The molecule has 138 valence electrons. The lowest BCUT2D eigenvalue weighted by Crippen LogP contribution is -2.17. The van der Waals surface area contributed by atoms with Gasteiger partial charge in [0.15, 0.2) is 0 Å². The van der Waals surface area contributed by atoms with Crippen molar-refractivity contribution < 1.29 is 4.79 Å². The predicted molar refractivity (Wildman–Crippen MR) is 114 cm³/mol. The first-order chi connectivity index (χ1) is 13.7. The zero-order chi connectivity index (χ0) is 19.3. The van der Waals surface area contributed by atoms with Crippen molar-refractivity contribution in [3.05, 3.63) is 107 Å². The molecule has 0 spiro atoms. The number of aromatic nitrogens is 1. The normalized spacial score (nSPS) is 11.2. The second kappa shape index (κ2) is 7.92. The van der Waals surface area contributed by atoms with Crippen LogP contribution in [0.1, 0.15) is 27.0 Å². The lowest BCUT2D eigenvalue weighted by atomic mass is 10.1. The topological polar surface area (TPSA) is 46.4 Å². The molecular weight excluding hydrogens is 346 g/mol. The van der Waals surface area contributed by atoms with Crippen molar-refractivity contribution in [1.29, 1.82) is 0 Å². The van der Waals surface area contributed by atoms with Gasteiger partial charge in [-0.25, -0.2) is 5.43 Å². The van der Waals surface area contributed by atoms with Crippen LogP contribution in [0, 0.1) is 6.92 Å². The highest BCUT2D eigenvalue weighted by Crippen LogP contribution is 2.21. The molecule has 4 nitrogen and oxygen atoms in total. The minimum absolute atomic E-state index is 0.218. The van der Waals surface area contributed by atoms with Crippen molar-refractivity contribution in [2.75, 3.05) is 0 Å². The van der Waals surface area contributed by atoms with Gasteiger partial charge in [-0.3, -0.25) is 4.79 Å². The minimum Gasteiger partial charge on any atom is -0.342 e. The van der Waals surface area contributed by atoms with Crippen molar-refractivity contribution in [3.8, 4) is 0 Å². The highest BCUT2D eigenvalue weighted by molar-refractivity contribution is 6.00.